The first-order chi connectivity index (χ1) is 8.78. The zero-order chi connectivity index (χ0) is 13.4. The minimum Gasteiger partial charge on any atom is -0.330 e. The van der Waals surface area contributed by atoms with Gasteiger partial charge in [-0.3, -0.25) is 0 Å². The number of nitrogens with zero attached hydrogens (tertiary/aromatic N) is 2. The van der Waals surface area contributed by atoms with Crippen LogP contribution < -0.4 is 5.32 Å². The van der Waals surface area contributed by atoms with Crippen LogP contribution >= 0.6 is 0 Å². The summed E-state index contributed by atoms with van der Waals surface area (Å²) in [4.78, 5) is 4.51. The first-order valence-electron chi connectivity index (χ1n) is 7.53. The summed E-state index contributed by atoms with van der Waals surface area (Å²) in [7, 11) is 0. The first kappa shape index (κ1) is 15.2. The predicted molar refractivity (Wildman–Crippen MR) is 77.9 cm³/mol. The maximum absolute atomic E-state index is 4.51. The van der Waals surface area contributed by atoms with Crippen molar-refractivity contribution in [3.8, 4) is 0 Å². The van der Waals surface area contributed by atoms with Gasteiger partial charge in [0.25, 0.3) is 0 Å². The summed E-state index contributed by atoms with van der Waals surface area (Å²) in [5.74, 6) is 1.24. The Morgan fingerprint density at radius 3 is 2.56 bits per heavy atom. The van der Waals surface area contributed by atoms with Crippen LogP contribution in [0.1, 0.15) is 65.2 Å². The van der Waals surface area contributed by atoms with Crippen LogP contribution in [0.25, 0.3) is 0 Å². The fourth-order valence-corrected chi connectivity index (χ4v) is 2.74. The number of aromatic nitrogens is 2. The molecule has 1 rings (SSSR count). The predicted octanol–water partition coefficient (Wildman–Crippen LogP) is 3.56. The Balaban J connectivity index is 2.87. The second kappa shape index (κ2) is 8.30. The molecule has 0 aliphatic carbocycles. The van der Waals surface area contributed by atoms with Gasteiger partial charge < -0.3 is 9.88 Å². The SMILES string of the molecule is CCCc1nccn1C(CC)C(CCC)NCC. The highest BCUT2D eigenvalue weighted by Gasteiger charge is 2.21. The van der Waals surface area contributed by atoms with Gasteiger partial charge >= 0.3 is 0 Å². The van der Waals surface area contributed by atoms with E-state index in [0.717, 1.165) is 25.8 Å². The van der Waals surface area contributed by atoms with E-state index in [0.29, 0.717) is 12.1 Å². The Labute approximate surface area is 112 Å². The minimum absolute atomic E-state index is 0.536. The van der Waals surface area contributed by atoms with Gasteiger partial charge in [0.05, 0.1) is 0 Å². The monoisotopic (exact) mass is 251 g/mol. The lowest BCUT2D eigenvalue weighted by atomic mass is 10.00. The molecule has 0 aliphatic heterocycles. The van der Waals surface area contributed by atoms with Crippen molar-refractivity contribution in [2.24, 2.45) is 0 Å². The molecule has 18 heavy (non-hydrogen) atoms. The summed E-state index contributed by atoms with van der Waals surface area (Å²) < 4.78 is 2.40. The topological polar surface area (TPSA) is 29.9 Å². The molecule has 3 heteroatoms. The van der Waals surface area contributed by atoms with E-state index in [-0.39, 0.29) is 0 Å². The third-order valence-corrected chi connectivity index (χ3v) is 3.53. The molecular formula is C15H29N3. The molecule has 0 spiro atoms. The van der Waals surface area contributed by atoms with E-state index >= 15 is 0 Å². The van der Waals surface area contributed by atoms with Crippen molar-refractivity contribution in [2.75, 3.05) is 6.54 Å². The molecule has 1 aromatic heterocycles. The smallest absolute Gasteiger partial charge is 0.108 e. The van der Waals surface area contributed by atoms with E-state index in [1.54, 1.807) is 0 Å². The first-order valence-corrected chi connectivity index (χ1v) is 7.53. The summed E-state index contributed by atoms with van der Waals surface area (Å²) in [5, 5.41) is 3.64. The second-order valence-electron chi connectivity index (χ2n) is 4.93. The van der Waals surface area contributed by atoms with E-state index in [1.807, 2.05) is 6.20 Å². The summed E-state index contributed by atoms with van der Waals surface area (Å²) in [6.45, 7) is 9.99. The highest BCUT2D eigenvalue weighted by Crippen LogP contribution is 2.22. The molecule has 104 valence electrons. The second-order valence-corrected chi connectivity index (χ2v) is 4.93. The summed E-state index contributed by atoms with van der Waals surface area (Å²) in [6, 6.07) is 1.10. The van der Waals surface area contributed by atoms with E-state index < -0.39 is 0 Å². The molecule has 2 atom stereocenters. The van der Waals surface area contributed by atoms with Gasteiger partial charge in [-0.25, -0.2) is 4.98 Å². The Bertz CT molecular complexity index is 313. The Morgan fingerprint density at radius 1 is 1.22 bits per heavy atom. The van der Waals surface area contributed by atoms with E-state index in [9.17, 15) is 0 Å². The maximum atomic E-state index is 4.51. The van der Waals surface area contributed by atoms with Gasteiger partial charge in [0, 0.05) is 30.9 Å². The Hall–Kier alpha value is -0.830. The standard InChI is InChI=1S/C15H29N3/c1-5-9-13(16-8-4)14(7-3)18-12-11-17-15(18)10-6-2/h11-14,16H,5-10H2,1-4H3. The largest absolute Gasteiger partial charge is 0.330 e. The Morgan fingerprint density at radius 2 is 2.00 bits per heavy atom. The maximum Gasteiger partial charge on any atom is 0.108 e. The number of hydrogen-bond donors (Lipinski definition) is 1. The number of rotatable bonds is 9. The molecule has 0 saturated carbocycles. The zero-order valence-corrected chi connectivity index (χ0v) is 12.4. The van der Waals surface area contributed by atoms with Crippen molar-refractivity contribution in [2.45, 2.75) is 71.9 Å². The molecule has 0 amide bonds. The highest BCUT2D eigenvalue weighted by atomic mass is 15.1. The van der Waals surface area contributed by atoms with Gasteiger partial charge in [-0.15, -0.1) is 0 Å². The zero-order valence-electron chi connectivity index (χ0n) is 12.4. The van der Waals surface area contributed by atoms with Crippen LogP contribution in [0.4, 0.5) is 0 Å². The molecule has 0 radical (unpaired) electrons. The average molecular weight is 251 g/mol. The highest BCUT2D eigenvalue weighted by molar-refractivity contribution is 4.98. The lowest BCUT2D eigenvalue weighted by Gasteiger charge is -2.29. The molecule has 3 nitrogen and oxygen atoms in total. The molecule has 0 saturated heterocycles. The number of aryl methyl sites for hydroxylation is 1. The third-order valence-electron chi connectivity index (χ3n) is 3.53. The normalized spacial score (nSPS) is 14.7. The van der Waals surface area contributed by atoms with Gasteiger partial charge in [0.2, 0.25) is 0 Å². The lowest BCUT2D eigenvalue weighted by Crippen LogP contribution is -2.37. The van der Waals surface area contributed by atoms with Crippen LogP contribution in [0.2, 0.25) is 0 Å². The molecule has 1 N–H and O–H groups in total. The van der Waals surface area contributed by atoms with E-state index in [4.69, 9.17) is 0 Å². The van der Waals surface area contributed by atoms with Crippen LogP contribution in [-0.4, -0.2) is 22.1 Å². The van der Waals surface area contributed by atoms with Crippen LogP contribution in [0.5, 0.6) is 0 Å². The fourth-order valence-electron chi connectivity index (χ4n) is 2.74. The number of imidazole rings is 1. The van der Waals surface area contributed by atoms with E-state index in [1.165, 1.54) is 18.7 Å². The van der Waals surface area contributed by atoms with E-state index in [2.05, 4.69) is 48.8 Å². The fraction of sp³-hybridized carbons (Fsp3) is 0.800. The van der Waals surface area contributed by atoms with Crippen molar-refractivity contribution in [1.82, 2.24) is 14.9 Å². The van der Waals surface area contributed by atoms with Crippen molar-refractivity contribution in [1.29, 1.82) is 0 Å². The van der Waals surface area contributed by atoms with Crippen LogP contribution in [0, 0.1) is 0 Å². The molecular weight excluding hydrogens is 222 g/mol. The molecule has 1 heterocycles. The van der Waals surface area contributed by atoms with Crippen molar-refractivity contribution in [3.63, 3.8) is 0 Å². The molecule has 0 bridgehead atoms. The average Bonchev–Trinajstić information content (AvgIpc) is 2.80. The van der Waals surface area contributed by atoms with Crippen molar-refractivity contribution in [3.05, 3.63) is 18.2 Å². The van der Waals surface area contributed by atoms with Crippen LogP contribution in [0.15, 0.2) is 12.4 Å². The van der Waals surface area contributed by atoms with Crippen LogP contribution in [-0.2, 0) is 6.42 Å². The Kier molecular flexibility index (Phi) is 7.02. The molecule has 1 aromatic rings. The number of nitrogens with one attached hydrogen (secondary N) is 1. The summed E-state index contributed by atoms with van der Waals surface area (Å²) >= 11 is 0. The van der Waals surface area contributed by atoms with Gasteiger partial charge in [-0.2, -0.15) is 0 Å². The lowest BCUT2D eigenvalue weighted by molar-refractivity contribution is 0.318. The van der Waals surface area contributed by atoms with Crippen LogP contribution in [0.3, 0.4) is 0 Å². The molecule has 0 aromatic carbocycles. The van der Waals surface area contributed by atoms with Crippen molar-refractivity contribution < 1.29 is 0 Å². The van der Waals surface area contributed by atoms with Gasteiger partial charge in [-0.05, 0) is 25.8 Å². The van der Waals surface area contributed by atoms with Crippen molar-refractivity contribution >= 4 is 0 Å². The molecule has 2 unspecified atom stereocenters. The van der Waals surface area contributed by atoms with Gasteiger partial charge in [0.15, 0.2) is 0 Å². The molecule has 0 fully saturated rings. The minimum atomic E-state index is 0.536. The summed E-state index contributed by atoms with van der Waals surface area (Å²) in [6.07, 6.45) is 9.95. The van der Waals surface area contributed by atoms with Gasteiger partial charge in [0.1, 0.15) is 5.82 Å². The quantitative estimate of drug-likeness (QED) is 0.727. The summed E-state index contributed by atoms with van der Waals surface area (Å²) in [5.41, 5.74) is 0. The number of hydrogen-bond acceptors (Lipinski definition) is 2. The number of likely N-dealkylation sites (N-methyl/N-ethyl adjacent to an activating group) is 1. The molecule has 0 aliphatic rings. The third kappa shape index (κ3) is 3.84. The van der Waals surface area contributed by atoms with Gasteiger partial charge in [-0.1, -0.05) is 34.1 Å².